The SMILES string of the molecule is CCOc1cn(C)nc1S(=O)(=O)N1CC(C(=O)O)Oc2ccc(-c3c(C)noc3C)cc21. The van der Waals surface area contributed by atoms with Gasteiger partial charge in [0.1, 0.15) is 11.5 Å². The third-order valence-corrected chi connectivity index (χ3v) is 6.72. The summed E-state index contributed by atoms with van der Waals surface area (Å²) in [7, 11) is -2.71. The van der Waals surface area contributed by atoms with Crippen molar-refractivity contribution in [2.24, 2.45) is 7.05 Å². The third-order valence-electron chi connectivity index (χ3n) is 5.02. The zero-order valence-electron chi connectivity index (χ0n) is 17.9. The minimum atomic E-state index is -4.29. The fraction of sp³-hybridized carbons (Fsp3) is 0.350. The number of nitrogens with zero attached hydrogens (tertiary/aromatic N) is 4. The van der Waals surface area contributed by atoms with Crippen molar-refractivity contribution in [1.82, 2.24) is 14.9 Å². The van der Waals surface area contributed by atoms with E-state index in [9.17, 15) is 18.3 Å². The van der Waals surface area contributed by atoms with E-state index in [1.807, 2.05) is 0 Å². The Morgan fingerprint density at radius 2 is 2.09 bits per heavy atom. The molecule has 0 amide bonds. The summed E-state index contributed by atoms with van der Waals surface area (Å²) in [6.45, 7) is 5.06. The van der Waals surface area contributed by atoms with Gasteiger partial charge in [0.25, 0.3) is 10.0 Å². The number of aromatic nitrogens is 3. The number of benzene rings is 1. The fourth-order valence-corrected chi connectivity index (χ4v) is 5.18. The highest BCUT2D eigenvalue weighted by Gasteiger charge is 2.40. The van der Waals surface area contributed by atoms with Crippen LogP contribution in [0, 0.1) is 13.8 Å². The van der Waals surface area contributed by atoms with Crippen LogP contribution in [0.1, 0.15) is 18.4 Å². The Labute approximate surface area is 184 Å². The lowest BCUT2D eigenvalue weighted by atomic mass is 10.0. The van der Waals surface area contributed by atoms with Gasteiger partial charge in [0.15, 0.2) is 5.75 Å². The predicted molar refractivity (Wildman–Crippen MR) is 112 cm³/mol. The Bertz CT molecular complexity index is 1280. The Hall–Kier alpha value is -3.54. The second kappa shape index (κ2) is 7.86. The molecule has 1 aliphatic heterocycles. The quantitative estimate of drug-likeness (QED) is 0.584. The van der Waals surface area contributed by atoms with Crippen LogP contribution in [0.3, 0.4) is 0 Å². The molecule has 1 aromatic carbocycles. The maximum Gasteiger partial charge on any atom is 0.346 e. The van der Waals surface area contributed by atoms with E-state index in [4.69, 9.17) is 14.0 Å². The van der Waals surface area contributed by atoms with E-state index in [0.29, 0.717) is 17.0 Å². The van der Waals surface area contributed by atoms with Crippen LogP contribution in [-0.2, 0) is 21.9 Å². The van der Waals surface area contributed by atoms with Crippen LogP contribution in [0.5, 0.6) is 11.5 Å². The van der Waals surface area contributed by atoms with Gasteiger partial charge in [-0.15, -0.1) is 0 Å². The summed E-state index contributed by atoms with van der Waals surface area (Å²) in [6.07, 6.45) is 0.0635. The van der Waals surface area contributed by atoms with Gasteiger partial charge in [0.05, 0.1) is 30.7 Å². The van der Waals surface area contributed by atoms with Crippen molar-refractivity contribution in [2.75, 3.05) is 17.5 Å². The lowest BCUT2D eigenvalue weighted by molar-refractivity contribution is -0.144. The fourth-order valence-electron chi connectivity index (χ4n) is 3.64. The van der Waals surface area contributed by atoms with Gasteiger partial charge >= 0.3 is 5.97 Å². The molecule has 0 saturated carbocycles. The number of aliphatic carboxylic acids is 1. The van der Waals surface area contributed by atoms with Crippen LogP contribution in [-0.4, -0.2) is 53.7 Å². The van der Waals surface area contributed by atoms with E-state index in [1.54, 1.807) is 40.0 Å². The van der Waals surface area contributed by atoms with E-state index in [0.717, 1.165) is 9.87 Å². The highest BCUT2D eigenvalue weighted by atomic mass is 32.2. The Kier molecular flexibility index (Phi) is 5.33. The van der Waals surface area contributed by atoms with Crippen LogP contribution < -0.4 is 13.8 Å². The number of hydrogen-bond donors (Lipinski definition) is 1. The van der Waals surface area contributed by atoms with E-state index in [2.05, 4.69) is 10.3 Å². The molecule has 4 rings (SSSR count). The molecule has 170 valence electrons. The van der Waals surface area contributed by atoms with Crippen LogP contribution in [0.25, 0.3) is 11.1 Å². The first-order valence-electron chi connectivity index (χ1n) is 9.79. The number of anilines is 1. The van der Waals surface area contributed by atoms with Crippen LogP contribution >= 0.6 is 0 Å². The normalized spacial score (nSPS) is 15.9. The van der Waals surface area contributed by atoms with E-state index in [1.165, 1.54) is 16.9 Å². The summed E-state index contributed by atoms with van der Waals surface area (Å²) in [4.78, 5) is 11.7. The minimum absolute atomic E-state index is 0.0804. The topological polar surface area (TPSA) is 137 Å². The maximum atomic E-state index is 13.6. The average Bonchev–Trinajstić information content (AvgIpc) is 3.28. The van der Waals surface area contributed by atoms with Crippen molar-refractivity contribution in [1.29, 1.82) is 0 Å². The number of carbonyl (C=O) groups is 1. The molecule has 32 heavy (non-hydrogen) atoms. The molecule has 11 nitrogen and oxygen atoms in total. The molecular formula is C20H22N4O7S. The smallest absolute Gasteiger partial charge is 0.346 e. The molecule has 0 bridgehead atoms. The molecular weight excluding hydrogens is 440 g/mol. The van der Waals surface area contributed by atoms with Crippen molar-refractivity contribution >= 4 is 21.7 Å². The van der Waals surface area contributed by atoms with E-state index < -0.39 is 28.6 Å². The molecule has 3 heterocycles. The molecule has 1 atom stereocenters. The highest BCUT2D eigenvalue weighted by molar-refractivity contribution is 7.92. The summed E-state index contributed by atoms with van der Waals surface area (Å²) in [5, 5.41) is 17.2. The first kappa shape index (κ1) is 21.7. The molecule has 0 spiro atoms. The standard InChI is InChI=1S/C20H22N4O7S/c1-5-29-16-9-23(4)21-19(16)32(27,28)24-10-17(20(25)26)30-15-7-6-13(8-14(15)24)18-11(2)22-31-12(18)3/h6-9,17H,5,10H2,1-4H3,(H,25,26). The Morgan fingerprint density at radius 3 is 2.72 bits per heavy atom. The van der Waals surface area contributed by atoms with E-state index in [-0.39, 0.29) is 28.8 Å². The van der Waals surface area contributed by atoms with Crippen molar-refractivity contribution in [3.05, 3.63) is 35.9 Å². The molecule has 0 saturated heterocycles. The summed E-state index contributed by atoms with van der Waals surface area (Å²) >= 11 is 0. The van der Waals surface area contributed by atoms with Gasteiger partial charge in [0.2, 0.25) is 11.1 Å². The number of carboxylic acid groups (broad SMARTS) is 1. The van der Waals surface area contributed by atoms with Gasteiger partial charge in [-0.1, -0.05) is 11.2 Å². The second-order valence-corrected chi connectivity index (χ2v) is 9.05. The van der Waals surface area contributed by atoms with Crippen molar-refractivity contribution in [2.45, 2.75) is 31.9 Å². The summed E-state index contributed by atoms with van der Waals surface area (Å²) in [5.74, 6) is -0.509. The van der Waals surface area contributed by atoms with Gasteiger partial charge in [-0.3, -0.25) is 8.99 Å². The number of sulfonamides is 1. The molecule has 0 fully saturated rings. The zero-order valence-corrected chi connectivity index (χ0v) is 18.7. The Morgan fingerprint density at radius 1 is 1.34 bits per heavy atom. The van der Waals surface area contributed by atoms with Crippen LogP contribution in [0.2, 0.25) is 0 Å². The first-order valence-corrected chi connectivity index (χ1v) is 11.2. The molecule has 12 heteroatoms. The summed E-state index contributed by atoms with van der Waals surface area (Å²) in [5.41, 5.74) is 2.20. The number of fused-ring (bicyclic) bond motifs is 1. The number of rotatable bonds is 6. The van der Waals surface area contributed by atoms with Crippen LogP contribution in [0.15, 0.2) is 33.9 Å². The summed E-state index contributed by atoms with van der Waals surface area (Å²) in [6, 6.07) is 4.85. The molecule has 1 aliphatic rings. The average molecular weight is 462 g/mol. The van der Waals surface area contributed by atoms with Crippen LogP contribution in [0.4, 0.5) is 5.69 Å². The molecule has 0 aliphatic carbocycles. The molecule has 0 radical (unpaired) electrons. The number of aryl methyl sites for hydroxylation is 3. The third kappa shape index (κ3) is 3.55. The molecule has 3 aromatic rings. The molecule has 1 N–H and O–H groups in total. The van der Waals surface area contributed by atoms with Crippen molar-refractivity contribution in [3.8, 4) is 22.6 Å². The Balaban J connectivity index is 1.89. The summed E-state index contributed by atoms with van der Waals surface area (Å²) < 4.78 is 45.9. The lowest BCUT2D eigenvalue weighted by Crippen LogP contribution is -2.47. The highest BCUT2D eigenvalue weighted by Crippen LogP contribution is 2.41. The lowest BCUT2D eigenvalue weighted by Gasteiger charge is -2.33. The van der Waals surface area contributed by atoms with Gasteiger partial charge in [0, 0.05) is 12.6 Å². The second-order valence-electron chi connectivity index (χ2n) is 7.27. The van der Waals surface area contributed by atoms with Gasteiger partial charge < -0.3 is 19.1 Å². The monoisotopic (exact) mass is 462 g/mol. The minimum Gasteiger partial charge on any atom is -0.489 e. The number of hydrogen-bond acceptors (Lipinski definition) is 8. The number of ether oxygens (including phenoxy) is 2. The first-order chi connectivity index (χ1) is 15.1. The van der Waals surface area contributed by atoms with Gasteiger partial charge in [-0.05, 0) is 38.5 Å². The van der Waals surface area contributed by atoms with Gasteiger partial charge in [-0.2, -0.15) is 13.5 Å². The largest absolute Gasteiger partial charge is 0.489 e. The predicted octanol–water partition coefficient (Wildman–Crippen LogP) is 2.13. The molecule has 2 aromatic heterocycles. The van der Waals surface area contributed by atoms with Crippen molar-refractivity contribution in [3.63, 3.8) is 0 Å². The van der Waals surface area contributed by atoms with E-state index >= 15 is 0 Å². The van der Waals surface area contributed by atoms with Crippen molar-refractivity contribution < 1.29 is 32.3 Å². The molecule has 1 unspecified atom stereocenters. The maximum absolute atomic E-state index is 13.6. The van der Waals surface area contributed by atoms with Gasteiger partial charge in [-0.25, -0.2) is 4.79 Å². The zero-order chi connectivity index (χ0) is 23.2. The number of carboxylic acids is 1.